The monoisotopic (exact) mass is 235 g/mol. The number of primary amides is 1. The van der Waals surface area contributed by atoms with Gasteiger partial charge in [0.2, 0.25) is 11.9 Å². The molecule has 17 heavy (non-hydrogen) atoms. The third kappa shape index (κ3) is 2.51. The van der Waals surface area contributed by atoms with Gasteiger partial charge in [-0.05, 0) is 18.6 Å². The van der Waals surface area contributed by atoms with E-state index >= 15 is 0 Å². The van der Waals surface area contributed by atoms with Crippen molar-refractivity contribution in [1.82, 2.24) is 14.6 Å². The summed E-state index contributed by atoms with van der Waals surface area (Å²) < 4.78 is 1.62. The maximum Gasteiger partial charge on any atom is 0.248 e. The second-order valence-electron chi connectivity index (χ2n) is 3.74. The SMILES string of the molecule is Cc1ccc2nc(NCC(O)C(N)=O)nn2c1. The highest BCUT2D eigenvalue weighted by Crippen LogP contribution is 2.06. The number of nitrogens with one attached hydrogen (secondary N) is 1. The lowest BCUT2D eigenvalue weighted by molar-refractivity contribution is -0.125. The zero-order valence-corrected chi connectivity index (χ0v) is 9.29. The average molecular weight is 235 g/mol. The number of pyridine rings is 1. The van der Waals surface area contributed by atoms with E-state index in [1.165, 1.54) is 0 Å². The van der Waals surface area contributed by atoms with Crippen LogP contribution in [-0.2, 0) is 4.79 Å². The van der Waals surface area contributed by atoms with Crippen molar-refractivity contribution in [3.63, 3.8) is 0 Å². The highest BCUT2D eigenvalue weighted by Gasteiger charge is 2.11. The number of hydrogen-bond donors (Lipinski definition) is 3. The van der Waals surface area contributed by atoms with Crippen LogP contribution < -0.4 is 11.1 Å². The first-order chi connectivity index (χ1) is 8.06. The van der Waals surface area contributed by atoms with Crippen LogP contribution in [0.4, 0.5) is 5.95 Å². The molecule has 0 aliphatic rings. The highest BCUT2D eigenvalue weighted by molar-refractivity contribution is 5.79. The predicted molar refractivity (Wildman–Crippen MR) is 61.4 cm³/mol. The summed E-state index contributed by atoms with van der Waals surface area (Å²) in [6, 6.07) is 3.75. The highest BCUT2D eigenvalue weighted by atomic mass is 16.3. The number of aliphatic hydroxyl groups excluding tert-OH is 1. The number of rotatable bonds is 4. The molecule has 0 bridgehead atoms. The van der Waals surface area contributed by atoms with E-state index in [2.05, 4.69) is 15.4 Å². The fourth-order valence-electron chi connectivity index (χ4n) is 1.35. The molecule has 0 aliphatic carbocycles. The van der Waals surface area contributed by atoms with Crippen LogP contribution in [-0.4, -0.2) is 38.3 Å². The molecule has 0 aliphatic heterocycles. The average Bonchev–Trinajstić information content (AvgIpc) is 2.67. The quantitative estimate of drug-likeness (QED) is 0.649. The van der Waals surface area contributed by atoms with Crippen LogP contribution in [0, 0.1) is 6.92 Å². The fourth-order valence-corrected chi connectivity index (χ4v) is 1.35. The summed E-state index contributed by atoms with van der Waals surface area (Å²) in [5.74, 6) is -0.437. The lowest BCUT2D eigenvalue weighted by atomic mass is 10.3. The van der Waals surface area contributed by atoms with Gasteiger partial charge in [0.1, 0.15) is 6.10 Å². The lowest BCUT2D eigenvalue weighted by Crippen LogP contribution is -2.34. The van der Waals surface area contributed by atoms with Crippen LogP contribution in [0.15, 0.2) is 18.3 Å². The number of carbonyl (C=O) groups is 1. The van der Waals surface area contributed by atoms with Crippen LogP contribution in [0.25, 0.3) is 5.65 Å². The van der Waals surface area contributed by atoms with Crippen LogP contribution in [0.1, 0.15) is 5.56 Å². The normalized spacial score (nSPS) is 12.6. The van der Waals surface area contributed by atoms with E-state index in [4.69, 9.17) is 5.73 Å². The van der Waals surface area contributed by atoms with Gasteiger partial charge in [-0.15, -0.1) is 5.10 Å². The molecule has 7 heteroatoms. The molecule has 7 nitrogen and oxygen atoms in total. The summed E-state index contributed by atoms with van der Waals surface area (Å²) in [5, 5.41) is 16.1. The molecule has 1 amide bonds. The van der Waals surface area contributed by atoms with Gasteiger partial charge in [0.15, 0.2) is 5.65 Å². The van der Waals surface area contributed by atoms with E-state index in [1.807, 2.05) is 25.3 Å². The lowest BCUT2D eigenvalue weighted by Gasteiger charge is -2.05. The van der Waals surface area contributed by atoms with Crippen molar-refractivity contribution in [3.8, 4) is 0 Å². The molecule has 1 unspecified atom stereocenters. The summed E-state index contributed by atoms with van der Waals surface area (Å²) in [6.07, 6.45) is 0.584. The Labute approximate surface area is 97.3 Å². The van der Waals surface area contributed by atoms with Gasteiger partial charge in [0.25, 0.3) is 0 Å². The van der Waals surface area contributed by atoms with Crippen molar-refractivity contribution < 1.29 is 9.90 Å². The number of carbonyl (C=O) groups excluding carboxylic acids is 1. The van der Waals surface area contributed by atoms with Gasteiger partial charge in [0, 0.05) is 6.20 Å². The fraction of sp³-hybridized carbons (Fsp3) is 0.300. The number of aryl methyl sites for hydroxylation is 1. The Morgan fingerprint density at radius 3 is 3.12 bits per heavy atom. The maximum absolute atomic E-state index is 10.6. The molecular weight excluding hydrogens is 222 g/mol. The molecule has 0 radical (unpaired) electrons. The van der Waals surface area contributed by atoms with Gasteiger partial charge in [-0.2, -0.15) is 4.98 Å². The Kier molecular flexibility index (Phi) is 2.92. The molecule has 2 heterocycles. The van der Waals surface area contributed by atoms with Crippen LogP contribution in [0.3, 0.4) is 0 Å². The van der Waals surface area contributed by atoms with Gasteiger partial charge < -0.3 is 16.2 Å². The number of fused-ring (bicyclic) bond motifs is 1. The Morgan fingerprint density at radius 2 is 2.41 bits per heavy atom. The second-order valence-corrected chi connectivity index (χ2v) is 3.74. The van der Waals surface area contributed by atoms with Crippen molar-refractivity contribution in [3.05, 3.63) is 23.9 Å². The Hall–Kier alpha value is -2.15. The first kappa shape index (κ1) is 11.3. The van der Waals surface area contributed by atoms with Crippen molar-refractivity contribution >= 4 is 17.5 Å². The second kappa shape index (κ2) is 4.38. The summed E-state index contributed by atoms with van der Waals surface area (Å²) in [7, 11) is 0. The number of aromatic nitrogens is 3. The van der Waals surface area contributed by atoms with E-state index < -0.39 is 12.0 Å². The standard InChI is InChI=1S/C10H13N5O2/c1-6-2-3-8-13-10(14-15(8)5-6)12-4-7(16)9(11)17/h2-3,5,7,16H,4H2,1H3,(H2,11,17)(H,12,14). The van der Waals surface area contributed by atoms with E-state index in [0.717, 1.165) is 5.56 Å². The van der Waals surface area contributed by atoms with Crippen LogP contribution in [0.5, 0.6) is 0 Å². The minimum Gasteiger partial charge on any atom is -0.381 e. The minimum atomic E-state index is -1.25. The third-order valence-corrected chi connectivity index (χ3v) is 2.26. The molecule has 90 valence electrons. The largest absolute Gasteiger partial charge is 0.381 e. The Morgan fingerprint density at radius 1 is 1.65 bits per heavy atom. The van der Waals surface area contributed by atoms with Crippen molar-refractivity contribution in [2.45, 2.75) is 13.0 Å². The summed E-state index contributed by atoms with van der Waals surface area (Å²) in [5.41, 5.74) is 6.67. The van der Waals surface area contributed by atoms with E-state index in [-0.39, 0.29) is 6.54 Å². The van der Waals surface area contributed by atoms with E-state index in [9.17, 15) is 9.90 Å². The van der Waals surface area contributed by atoms with Crippen molar-refractivity contribution in [2.24, 2.45) is 5.73 Å². The first-order valence-electron chi connectivity index (χ1n) is 5.10. The molecule has 2 aromatic rings. The van der Waals surface area contributed by atoms with Gasteiger partial charge >= 0.3 is 0 Å². The number of aliphatic hydroxyl groups is 1. The Balaban J connectivity index is 2.12. The summed E-state index contributed by atoms with van der Waals surface area (Å²) in [4.78, 5) is 14.8. The number of anilines is 1. The molecule has 2 aromatic heterocycles. The van der Waals surface area contributed by atoms with Gasteiger partial charge in [-0.3, -0.25) is 4.79 Å². The minimum absolute atomic E-state index is 0.00873. The Bertz CT molecular complexity index is 551. The molecule has 0 saturated carbocycles. The number of amides is 1. The smallest absolute Gasteiger partial charge is 0.248 e. The maximum atomic E-state index is 10.6. The van der Waals surface area contributed by atoms with Crippen LogP contribution in [0.2, 0.25) is 0 Å². The number of hydrogen-bond acceptors (Lipinski definition) is 5. The zero-order valence-electron chi connectivity index (χ0n) is 9.29. The molecule has 0 spiro atoms. The summed E-state index contributed by atoms with van der Waals surface area (Å²) in [6.45, 7) is 1.94. The molecule has 0 fully saturated rings. The predicted octanol–water partition coefficient (Wildman–Crippen LogP) is -0.704. The third-order valence-electron chi connectivity index (χ3n) is 2.26. The molecule has 0 aromatic carbocycles. The van der Waals surface area contributed by atoms with Crippen LogP contribution >= 0.6 is 0 Å². The topological polar surface area (TPSA) is 106 Å². The van der Waals surface area contributed by atoms with Gasteiger partial charge in [-0.1, -0.05) is 6.07 Å². The van der Waals surface area contributed by atoms with E-state index in [0.29, 0.717) is 11.6 Å². The van der Waals surface area contributed by atoms with Crippen molar-refractivity contribution in [2.75, 3.05) is 11.9 Å². The molecular formula is C10H13N5O2. The van der Waals surface area contributed by atoms with Gasteiger partial charge in [-0.25, -0.2) is 4.52 Å². The summed E-state index contributed by atoms with van der Waals surface area (Å²) >= 11 is 0. The first-order valence-corrected chi connectivity index (χ1v) is 5.10. The number of nitrogens with zero attached hydrogens (tertiary/aromatic N) is 3. The molecule has 2 rings (SSSR count). The van der Waals surface area contributed by atoms with Gasteiger partial charge in [0.05, 0.1) is 6.54 Å². The number of nitrogens with two attached hydrogens (primary N) is 1. The molecule has 4 N–H and O–H groups in total. The van der Waals surface area contributed by atoms with Crippen molar-refractivity contribution in [1.29, 1.82) is 0 Å². The molecule has 1 atom stereocenters. The van der Waals surface area contributed by atoms with E-state index in [1.54, 1.807) is 4.52 Å². The zero-order chi connectivity index (χ0) is 12.4. The molecule has 0 saturated heterocycles.